The van der Waals surface area contributed by atoms with Crippen LogP contribution in [-0.4, -0.2) is 37.9 Å². The Bertz CT molecular complexity index is 883. The molecule has 2 rings (SSSR count). The van der Waals surface area contributed by atoms with Gasteiger partial charge in [0.05, 0.1) is 12.1 Å². The predicted octanol–water partition coefficient (Wildman–Crippen LogP) is 0.917. The maximum Gasteiger partial charge on any atom is 0.357 e. The van der Waals surface area contributed by atoms with Gasteiger partial charge in [-0.05, 0) is 23.3 Å². The van der Waals surface area contributed by atoms with E-state index in [0.29, 0.717) is 5.56 Å². The number of benzene rings is 2. The molecule has 0 saturated carbocycles. The molecule has 1 atom stereocenters. The molecule has 0 bridgehead atoms. The Balaban J connectivity index is 2.03. The first-order valence-corrected chi connectivity index (χ1v) is 9.60. The summed E-state index contributed by atoms with van der Waals surface area (Å²) in [5.41, 5.74) is 1.74. The van der Waals surface area contributed by atoms with E-state index in [2.05, 4.69) is 10.6 Å². The third-order valence-electron chi connectivity index (χ3n) is 3.75. The Morgan fingerprint density at radius 2 is 1.63 bits per heavy atom. The lowest BCUT2D eigenvalue weighted by Gasteiger charge is -2.18. The summed E-state index contributed by atoms with van der Waals surface area (Å²) >= 11 is 0. The molecule has 0 spiro atoms. The molecule has 2 aromatic rings. The van der Waals surface area contributed by atoms with Crippen LogP contribution in [0.15, 0.2) is 54.6 Å². The van der Waals surface area contributed by atoms with E-state index in [1.165, 1.54) is 19.2 Å². The number of likely N-dealkylation sites (N-methyl/N-ethyl adjacent to an activating group) is 1. The summed E-state index contributed by atoms with van der Waals surface area (Å²) < 4.78 is 32.3. The maximum atomic E-state index is 12.2. The van der Waals surface area contributed by atoms with E-state index in [1.807, 2.05) is 35.1 Å². The SMILES string of the molecule is CNC(=O)[C@H](Cc1ccc(NS(=O)(=O)O)cc1)NC(=O)Cc1ccccc1. The monoisotopic (exact) mass is 391 g/mol. The first kappa shape index (κ1) is 20.4. The summed E-state index contributed by atoms with van der Waals surface area (Å²) in [6, 6.07) is 14.5. The van der Waals surface area contributed by atoms with Crippen molar-refractivity contribution in [2.45, 2.75) is 18.9 Å². The van der Waals surface area contributed by atoms with Gasteiger partial charge in [-0.2, -0.15) is 8.42 Å². The summed E-state index contributed by atoms with van der Waals surface area (Å²) in [6.45, 7) is 0. The number of amides is 2. The van der Waals surface area contributed by atoms with Crippen molar-refractivity contribution in [3.8, 4) is 0 Å². The molecule has 0 heterocycles. The van der Waals surface area contributed by atoms with Gasteiger partial charge in [-0.3, -0.25) is 18.9 Å². The zero-order valence-corrected chi connectivity index (χ0v) is 15.5. The molecule has 0 radical (unpaired) electrons. The molecule has 27 heavy (non-hydrogen) atoms. The van der Waals surface area contributed by atoms with Crippen LogP contribution in [0.25, 0.3) is 0 Å². The van der Waals surface area contributed by atoms with Crippen molar-refractivity contribution >= 4 is 27.8 Å². The Morgan fingerprint density at radius 3 is 2.19 bits per heavy atom. The van der Waals surface area contributed by atoms with Crippen LogP contribution in [0.3, 0.4) is 0 Å². The first-order valence-electron chi connectivity index (χ1n) is 8.16. The minimum absolute atomic E-state index is 0.158. The molecule has 0 aromatic heterocycles. The Kier molecular flexibility index (Phi) is 6.91. The fourth-order valence-corrected chi connectivity index (χ4v) is 2.94. The van der Waals surface area contributed by atoms with Crippen LogP contribution in [0.2, 0.25) is 0 Å². The van der Waals surface area contributed by atoms with Crippen LogP contribution >= 0.6 is 0 Å². The second-order valence-corrected chi connectivity index (χ2v) is 7.03. The average Bonchev–Trinajstić information content (AvgIpc) is 2.61. The lowest BCUT2D eigenvalue weighted by atomic mass is 10.0. The molecule has 0 fully saturated rings. The molecule has 2 amide bonds. The van der Waals surface area contributed by atoms with Crippen LogP contribution in [0.4, 0.5) is 5.69 Å². The van der Waals surface area contributed by atoms with Gasteiger partial charge >= 0.3 is 10.3 Å². The van der Waals surface area contributed by atoms with Crippen LogP contribution in [0, 0.1) is 0 Å². The average molecular weight is 391 g/mol. The van der Waals surface area contributed by atoms with E-state index in [0.717, 1.165) is 5.56 Å². The van der Waals surface area contributed by atoms with Crippen molar-refractivity contribution in [3.05, 3.63) is 65.7 Å². The Hall–Kier alpha value is -2.91. The van der Waals surface area contributed by atoms with Crippen molar-refractivity contribution in [2.24, 2.45) is 0 Å². The van der Waals surface area contributed by atoms with E-state index in [4.69, 9.17) is 4.55 Å². The van der Waals surface area contributed by atoms with Crippen molar-refractivity contribution < 1.29 is 22.6 Å². The first-order chi connectivity index (χ1) is 12.8. The maximum absolute atomic E-state index is 12.2. The normalized spacial score (nSPS) is 12.1. The van der Waals surface area contributed by atoms with Gasteiger partial charge in [0.1, 0.15) is 6.04 Å². The fourth-order valence-electron chi connectivity index (χ4n) is 2.50. The molecule has 0 aliphatic carbocycles. The molecule has 0 unspecified atom stereocenters. The summed E-state index contributed by atoms with van der Waals surface area (Å²) in [5.74, 6) is -0.615. The minimum Gasteiger partial charge on any atom is -0.357 e. The molecule has 2 aromatic carbocycles. The van der Waals surface area contributed by atoms with Gasteiger partial charge in [-0.15, -0.1) is 0 Å². The second kappa shape index (κ2) is 9.15. The zero-order valence-electron chi connectivity index (χ0n) is 14.7. The van der Waals surface area contributed by atoms with Gasteiger partial charge in [0.25, 0.3) is 0 Å². The molecule has 144 valence electrons. The van der Waals surface area contributed by atoms with E-state index >= 15 is 0 Å². The largest absolute Gasteiger partial charge is 0.357 e. The molecular weight excluding hydrogens is 370 g/mol. The molecular formula is C18H21N3O5S. The third-order valence-corrected chi connectivity index (χ3v) is 4.24. The van der Waals surface area contributed by atoms with Gasteiger partial charge in [0.15, 0.2) is 0 Å². The number of rotatable bonds is 8. The van der Waals surface area contributed by atoms with Crippen molar-refractivity contribution in [2.75, 3.05) is 11.8 Å². The van der Waals surface area contributed by atoms with Crippen LogP contribution in [-0.2, 0) is 32.7 Å². The Morgan fingerprint density at radius 1 is 1.00 bits per heavy atom. The lowest BCUT2D eigenvalue weighted by molar-refractivity contribution is -0.128. The van der Waals surface area contributed by atoms with Crippen LogP contribution in [0.5, 0.6) is 0 Å². The molecule has 0 saturated heterocycles. The number of carbonyl (C=O) groups excluding carboxylic acids is 2. The van der Waals surface area contributed by atoms with E-state index in [-0.39, 0.29) is 30.3 Å². The topological polar surface area (TPSA) is 125 Å². The van der Waals surface area contributed by atoms with E-state index in [9.17, 15) is 18.0 Å². The highest BCUT2D eigenvalue weighted by molar-refractivity contribution is 7.87. The van der Waals surface area contributed by atoms with Crippen LogP contribution in [0.1, 0.15) is 11.1 Å². The lowest BCUT2D eigenvalue weighted by Crippen LogP contribution is -2.47. The van der Waals surface area contributed by atoms with Gasteiger partial charge in [0.2, 0.25) is 11.8 Å². The van der Waals surface area contributed by atoms with Gasteiger partial charge in [-0.25, -0.2) is 0 Å². The number of hydrogen-bond acceptors (Lipinski definition) is 4. The highest BCUT2D eigenvalue weighted by Crippen LogP contribution is 2.12. The number of carbonyl (C=O) groups is 2. The van der Waals surface area contributed by atoms with E-state index in [1.54, 1.807) is 12.1 Å². The Labute approximate surface area is 157 Å². The summed E-state index contributed by atoms with van der Waals surface area (Å²) in [5, 5.41) is 5.23. The smallest absolute Gasteiger partial charge is 0.357 e. The fraction of sp³-hybridized carbons (Fsp3) is 0.222. The summed E-state index contributed by atoms with van der Waals surface area (Å²) in [4.78, 5) is 24.4. The van der Waals surface area contributed by atoms with Gasteiger partial charge in [0, 0.05) is 13.5 Å². The second-order valence-electron chi connectivity index (χ2n) is 5.87. The number of hydrogen-bond donors (Lipinski definition) is 4. The summed E-state index contributed by atoms with van der Waals surface area (Å²) in [6.07, 6.45) is 0.387. The highest BCUT2D eigenvalue weighted by Gasteiger charge is 2.20. The number of anilines is 1. The third kappa shape index (κ3) is 7.08. The van der Waals surface area contributed by atoms with Crippen LogP contribution < -0.4 is 15.4 Å². The van der Waals surface area contributed by atoms with Gasteiger partial charge < -0.3 is 10.6 Å². The predicted molar refractivity (Wildman–Crippen MR) is 101 cm³/mol. The van der Waals surface area contributed by atoms with Gasteiger partial charge in [-0.1, -0.05) is 42.5 Å². The standard InChI is InChI=1S/C18H21N3O5S/c1-19-18(23)16(20-17(22)12-13-5-3-2-4-6-13)11-14-7-9-15(10-8-14)21-27(24,25)26/h2-10,16,21H,11-12H2,1H3,(H,19,23)(H,20,22)(H,24,25,26)/t16-/m0/s1. The van der Waals surface area contributed by atoms with Crippen molar-refractivity contribution in [1.29, 1.82) is 0 Å². The number of nitrogens with one attached hydrogen (secondary N) is 3. The quantitative estimate of drug-likeness (QED) is 0.498. The molecule has 0 aliphatic rings. The summed E-state index contributed by atoms with van der Waals surface area (Å²) in [7, 11) is -2.86. The minimum atomic E-state index is -4.35. The molecule has 9 heteroatoms. The molecule has 0 aliphatic heterocycles. The highest BCUT2D eigenvalue weighted by atomic mass is 32.2. The van der Waals surface area contributed by atoms with Crippen molar-refractivity contribution in [3.63, 3.8) is 0 Å². The zero-order chi connectivity index (χ0) is 19.9. The van der Waals surface area contributed by atoms with E-state index < -0.39 is 16.3 Å². The molecule has 8 nitrogen and oxygen atoms in total. The molecule has 4 N–H and O–H groups in total. The van der Waals surface area contributed by atoms with Crippen molar-refractivity contribution in [1.82, 2.24) is 10.6 Å².